The molecule has 3 aromatic carbocycles. The summed E-state index contributed by atoms with van der Waals surface area (Å²) >= 11 is 1.52. The molecular formula is C27H22N4S. The third kappa shape index (κ3) is 3.51. The van der Waals surface area contributed by atoms with Crippen LogP contribution in [0.1, 0.15) is 16.7 Å². The number of nitrogens with zero attached hydrogens (tertiary/aromatic N) is 4. The molecule has 5 rings (SSSR count). The van der Waals surface area contributed by atoms with Gasteiger partial charge in [0.15, 0.2) is 5.16 Å². The minimum atomic E-state index is -0.579. The van der Waals surface area contributed by atoms with Crippen molar-refractivity contribution in [3.63, 3.8) is 0 Å². The highest BCUT2D eigenvalue weighted by molar-refractivity contribution is 7.98. The Morgan fingerprint density at radius 2 is 1.19 bits per heavy atom. The molecule has 0 aliphatic rings. The summed E-state index contributed by atoms with van der Waals surface area (Å²) in [5, 5.41) is 0.734. The average molecular weight is 435 g/mol. The van der Waals surface area contributed by atoms with Crippen molar-refractivity contribution in [2.75, 3.05) is 6.26 Å². The van der Waals surface area contributed by atoms with Gasteiger partial charge in [-0.3, -0.25) is 0 Å². The molecular weight excluding hydrogens is 412 g/mol. The number of imidazole rings is 1. The number of thioether (sulfide) groups is 1. The first kappa shape index (κ1) is 20.2. The van der Waals surface area contributed by atoms with Crippen LogP contribution >= 0.6 is 11.8 Å². The van der Waals surface area contributed by atoms with Crippen LogP contribution in [0.25, 0.3) is 11.4 Å². The van der Waals surface area contributed by atoms with Crippen LogP contribution < -0.4 is 0 Å². The van der Waals surface area contributed by atoms with Crippen molar-refractivity contribution in [1.29, 1.82) is 0 Å². The van der Waals surface area contributed by atoms with Crippen molar-refractivity contribution in [3.8, 4) is 11.4 Å². The van der Waals surface area contributed by atoms with Gasteiger partial charge in [-0.05, 0) is 29.0 Å². The van der Waals surface area contributed by atoms with Crippen LogP contribution in [0.5, 0.6) is 0 Å². The lowest BCUT2D eigenvalue weighted by Crippen LogP contribution is -2.36. The minimum absolute atomic E-state index is 0.579. The molecule has 0 aliphatic heterocycles. The fourth-order valence-corrected chi connectivity index (χ4v) is 4.56. The van der Waals surface area contributed by atoms with Gasteiger partial charge >= 0.3 is 0 Å². The Morgan fingerprint density at radius 1 is 0.656 bits per heavy atom. The number of rotatable bonds is 6. The van der Waals surface area contributed by atoms with Gasteiger partial charge in [0.25, 0.3) is 0 Å². The van der Waals surface area contributed by atoms with Crippen molar-refractivity contribution >= 4 is 11.8 Å². The molecule has 32 heavy (non-hydrogen) atoms. The molecule has 2 aromatic heterocycles. The van der Waals surface area contributed by atoms with Gasteiger partial charge in [0, 0.05) is 12.4 Å². The molecule has 156 valence electrons. The molecule has 0 bridgehead atoms. The van der Waals surface area contributed by atoms with E-state index in [1.165, 1.54) is 11.8 Å². The quantitative estimate of drug-likeness (QED) is 0.190. The minimum Gasteiger partial charge on any atom is -0.318 e. The topological polar surface area (TPSA) is 43.6 Å². The van der Waals surface area contributed by atoms with Crippen LogP contribution in [0.3, 0.4) is 0 Å². The Balaban J connectivity index is 1.79. The number of hydrogen-bond donors (Lipinski definition) is 0. The van der Waals surface area contributed by atoms with Crippen molar-refractivity contribution < 1.29 is 0 Å². The summed E-state index contributed by atoms with van der Waals surface area (Å²) < 4.78 is 2.20. The summed E-state index contributed by atoms with van der Waals surface area (Å²) in [5.74, 6) is 0. The summed E-state index contributed by atoms with van der Waals surface area (Å²) in [6.07, 6.45) is 7.75. The first-order chi connectivity index (χ1) is 15.8. The normalized spacial score (nSPS) is 11.4. The van der Waals surface area contributed by atoms with E-state index in [9.17, 15) is 0 Å². The van der Waals surface area contributed by atoms with E-state index in [2.05, 4.69) is 112 Å². The lowest BCUT2D eigenvalue weighted by molar-refractivity contribution is 0.515. The molecule has 0 aliphatic carbocycles. The fraction of sp³-hybridized carbons (Fsp3) is 0.0741. The first-order valence-corrected chi connectivity index (χ1v) is 11.6. The average Bonchev–Trinajstić information content (AvgIpc) is 3.37. The van der Waals surface area contributed by atoms with Gasteiger partial charge in [0.05, 0.1) is 12.0 Å². The maximum absolute atomic E-state index is 4.77. The van der Waals surface area contributed by atoms with E-state index in [1.54, 1.807) is 6.20 Å². The van der Waals surface area contributed by atoms with Gasteiger partial charge < -0.3 is 4.57 Å². The molecule has 4 nitrogen and oxygen atoms in total. The lowest BCUT2D eigenvalue weighted by Gasteiger charge is -2.37. The Hall–Kier alpha value is -3.70. The third-order valence-electron chi connectivity index (χ3n) is 5.62. The zero-order valence-corrected chi connectivity index (χ0v) is 18.5. The molecule has 0 saturated carbocycles. The van der Waals surface area contributed by atoms with Gasteiger partial charge in [0.2, 0.25) is 0 Å². The molecule has 0 fully saturated rings. The Labute approximate surface area is 192 Å². The van der Waals surface area contributed by atoms with E-state index in [1.807, 2.05) is 18.6 Å². The second kappa shape index (κ2) is 8.81. The highest BCUT2D eigenvalue weighted by Crippen LogP contribution is 2.41. The van der Waals surface area contributed by atoms with Crippen LogP contribution in [-0.2, 0) is 5.54 Å². The second-order valence-corrected chi connectivity index (χ2v) is 8.18. The molecule has 5 aromatic rings. The zero-order chi connectivity index (χ0) is 21.8. The molecule has 0 atom stereocenters. The molecule has 0 spiro atoms. The number of aromatic nitrogens is 4. The maximum Gasteiger partial charge on any atom is 0.187 e. The maximum atomic E-state index is 4.77. The Morgan fingerprint density at radius 3 is 1.69 bits per heavy atom. The molecule has 2 heterocycles. The molecule has 0 unspecified atom stereocenters. The fourth-order valence-electron chi connectivity index (χ4n) is 4.21. The molecule has 0 N–H and O–H groups in total. The summed E-state index contributed by atoms with van der Waals surface area (Å²) in [6.45, 7) is 0. The largest absolute Gasteiger partial charge is 0.318 e. The first-order valence-electron chi connectivity index (χ1n) is 10.4. The second-order valence-electron chi connectivity index (χ2n) is 7.40. The zero-order valence-electron chi connectivity index (χ0n) is 17.7. The van der Waals surface area contributed by atoms with Gasteiger partial charge in [-0.1, -0.05) is 103 Å². The molecule has 0 radical (unpaired) electrons. The predicted octanol–water partition coefficient (Wildman–Crippen LogP) is 5.90. The molecule has 0 amide bonds. The highest BCUT2D eigenvalue weighted by atomic mass is 32.2. The smallest absolute Gasteiger partial charge is 0.187 e. The van der Waals surface area contributed by atoms with Crippen LogP contribution in [0.2, 0.25) is 0 Å². The van der Waals surface area contributed by atoms with E-state index >= 15 is 0 Å². The van der Waals surface area contributed by atoms with Crippen LogP contribution in [0, 0.1) is 0 Å². The van der Waals surface area contributed by atoms with Gasteiger partial charge in [0.1, 0.15) is 11.2 Å². The Kier molecular flexibility index (Phi) is 5.57. The van der Waals surface area contributed by atoms with E-state index in [4.69, 9.17) is 4.98 Å². The summed E-state index contributed by atoms with van der Waals surface area (Å²) in [4.78, 5) is 13.7. The van der Waals surface area contributed by atoms with Gasteiger partial charge in [-0.2, -0.15) is 0 Å². The standard InChI is InChI=1S/C27H22N4S/c1-32-26-28-18-17-24(30-26)25-19-31(20-29-25)27(21-11-5-2-6-12-21,22-13-7-3-8-14-22)23-15-9-4-10-16-23/h2-20H,1H3. The van der Waals surface area contributed by atoms with Crippen LogP contribution in [0.15, 0.2) is 121 Å². The van der Waals surface area contributed by atoms with E-state index in [-0.39, 0.29) is 0 Å². The van der Waals surface area contributed by atoms with Gasteiger partial charge in [-0.15, -0.1) is 0 Å². The number of hydrogen-bond acceptors (Lipinski definition) is 4. The van der Waals surface area contributed by atoms with Crippen LogP contribution in [0.4, 0.5) is 0 Å². The summed E-state index contributed by atoms with van der Waals surface area (Å²) in [7, 11) is 0. The predicted molar refractivity (Wildman–Crippen MR) is 130 cm³/mol. The van der Waals surface area contributed by atoms with Crippen molar-refractivity contribution in [2.45, 2.75) is 10.7 Å². The van der Waals surface area contributed by atoms with E-state index in [0.29, 0.717) is 0 Å². The lowest BCUT2D eigenvalue weighted by atomic mass is 9.77. The van der Waals surface area contributed by atoms with Crippen molar-refractivity contribution in [2.24, 2.45) is 0 Å². The summed E-state index contributed by atoms with van der Waals surface area (Å²) in [5.41, 5.74) is 4.53. The SMILES string of the molecule is CSc1nccc(-c2cn(C(c3ccccc3)(c3ccccc3)c3ccccc3)cn2)n1. The molecule has 5 heteroatoms. The van der Waals surface area contributed by atoms with E-state index < -0.39 is 5.54 Å². The number of benzene rings is 3. The monoisotopic (exact) mass is 434 g/mol. The van der Waals surface area contributed by atoms with Crippen molar-refractivity contribution in [1.82, 2.24) is 19.5 Å². The van der Waals surface area contributed by atoms with E-state index in [0.717, 1.165) is 33.2 Å². The van der Waals surface area contributed by atoms with Gasteiger partial charge in [-0.25, -0.2) is 15.0 Å². The Bertz CT molecular complexity index is 1200. The highest BCUT2D eigenvalue weighted by Gasteiger charge is 2.38. The van der Waals surface area contributed by atoms with Crippen LogP contribution in [-0.4, -0.2) is 25.8 Å². The van der Waals surface area contributed by atoms with Crippen molar-refractivity contribution in [3.05, 3.63) is 132 Å². The molecule has 0 saturated heterocycles. The third-order valence-corrected chi connectivity index (χ3v) is 6.18. The summed E-state index contributed by atoms with van der Waals surface area (Å²) in [6, 6.07) is 33.6.